The van der Waals surface area contributed by atoms with E-state index in [1.54, 1.807) is 13.8 Å². The molecule has 0 spiro atoms. The molecule has 0 amide bonds. The number of carbonyl (C=O) groups is 2. The van der Waals surface area contributed by atoms with Crippen LogP contribution in [-0.2, 0) is 16.0 Å². The summed E-state index contributed by atoms with van der Waals surface area (Å²) in [4.78, 5) is 24.9. The van der Waals surface area contributed by atoms with Crippen molar-refractivity contribution in [1.82, 2.24) is 0 Å². The van der Waals surface area contributed by atoms with Gasteiger partial charge in [0.15, 0.2) is 0 Å². The maximum absolute atomic E-state index is 12.5. The molecule has 0 N–H and O–H groups in total. The Balaban J connectivity index is 2.29. The summed E-state index contributed by atoms with van der Waals surface area (Å²) in [5.41, 5.74) is 2.97. The van der Waals surface area contributed by atoms with E-state index in [1.165, 1.54) is 5.57 Å². The molecule has 0 aliphatic rings. The lowest BCUT2D eigenvalue weighted by molar-refractivity contribution is -0.130. The van der Waals surface area contributed by atoms with Crippen molar-refractivity contribution >= 4 is 33.5 Å². The van der Waals surface area contributed by atoms with Gasteiger partial charge in [0.25, 0.3) is 0 Å². The Morgan fingerprint density at radius 3 is 1.78 bits per heavy atom. The molecule has 4 heteroatoms. The standard InChI is InChI=1S/C28H28O4/c1-17(2)10-9-11-20-14-15-23-24(16-20)26(32-28(30)19(5)6)22-13-8-7-12-21(22)25(23)31-27(29)18(3)4/h7-8,10,12-16H,3,5,9,11H2,1-2,4,6H3. The van der Waals surface area contributed by atoms with Gasteiger partial charge in [-0.3, -0.25) is 0 Å². The maximum Gasteiger partial charge on any atom is 0.338 e. The largest absolute Gasteiger partial charge is 0.422 e. The summed E-state index contributed by atoms with van der Waals surface area (Å²) >= 11 is 0. The highest BCUT2D eigenvalue weighted by atomic mass is 16.5. The van der Waals surface area contributed by atoms with Crippen LogP contribution in [0.15, 0.2) is 78.4 Å². The molecule has 0 fully saturated rings. The van der Waals surface area contributed by atoms with Crippen LogP contribution < -0.4 is 9.47 Å². The first-order valence-electron chi connectivity index (χ1n) is 10.5. The Morgan fingerprint density at radius 1 is 0.781 bits per heavy atom. The number of esters is 2. The van der Waals surface area contributed by atoms with Crippen LogP contribution in [0.2, 0.25) is 0 Å². The van der Waals surface area contributed by atoms with Gasteiger partial charge in [0.1, 0.15) is 11.5 Å². The van der Waals surface area contributed by atoms with E-state index in [2.05, 4.69) is 33.1 Å². The molecule has 4 nitrogen and oxygen atoms in total. The molecule has 0 aliphatic carbocycles. The number of allylic oxidation sites excluding steroid dienone is 2. The summed E-state index contributed by atoms with van der Waals surface area (Å²) in [7, 11) is 0. The van der Waals surface area contributed by atoms with E-state index in [4.69, 9.17) is 9.47 Å². The molecule has 32 heavy (non-hydrogen) atoms. The zero-order valence-electron chi connectivity index (χ0n) is 19.1. The zero-order valence-corrected chi connectivity index (χ0v) is 19.1. The van der Waals surface area contributed by atoms with Crippen LogP contribution in [0.3, 0.4) is 0 Å². The normalized spacial score (nSPS) is 10.6. The van der Waals surface area contributed by atoms with Crippen molar-refractivity contribution < 1.29 is 19.1 Å². The minimum Gasteiger partial charge on any atom is -0.422 e. The monoisotopic (exact) mass is 428 g/mol. The molecular formula is C28H28O4. The van der Waals surface area contributed by atoms with Crippen molar-refractivity contribution in [3.63, 3.8) is 0 Å². The van der Waals surface area contributed by atoms with Gasteiger partial charge in [-0.2, -0.15) is 0 Å². The van der Waals surface area contributed by atoms with Gasteiger partial charge in [0.05, 0.1) is 0 Å². The van der Waals surface area contributed by atoms with E-state index >= 15 is 0 Å². The summed E-state index contributed by atoms with van der Waals surface area (Å²) in [6, 6.07) is 13.3. The third-order valence-electron chi connectivity index (χ3n) is 5.06. The molecule has 3 aromatic carbocycles. The lowest BCUT2D eigenvalue weighted by Crippen LogP contribution is -2.11. The first-order valence-corrected chi connectivity index (χ1v) is 10.5. The van der Waals surface area contributed by atoms with Gasteiger partial charge in [-0.15, -0.1) is 0 Å². The van der Waals surface area contributed by atoms with Crippen molar-refractivity contribution in [3.8, 4) is 11.5 Å². The lowest BCUT2D eigenvalue weighted by atomic mass is 9.97. The highest BCUT2D eigenvalue weighted by Gasteiger charge is 2.21. The number of carbonyl (C=O) groups excluding carboxylic acids is 2. The molecule has 0 heterocycles. The number of hydrogen-bond acceptors (Lipinski definition) is 4. The maximum atomic E-state index is 12.5. The second-order valence-electron chi connectivity index (χ2n) is 8.24. The summed E-state index contributed by atoms with van der Waals surface area (Å²) in [6.45, 7) is 14.8. The van der Waals surface area contributed by atoms with Crippen molar-refractivity contribution in [2.24, 2.45) is 0 Å². The van der Waals surface area contributed by atoms with Crippen LogP contribution >= 0.6 is 0 Å². The predicted molar refractivity (Wildman–Crippen MR) is 130 cm³/mol. The topological polar surface area (TPSA) is 52.6 Å². The summed E-state index contributed by atoms with van der Waals surface area (Å²) in [6.07, 6.45) is 3.93. The number of benzene rings is 3. The van der Waals surface area contributed by atoms with Crippen molar-refractivity contribution in [2.75, 3.05) is 0 Å². The molecule has 3 aromatic rings. The molecule has 0 saturated carbocycles. The Labute approximate surface area is 188 Å². The fraction of sp³-hybridized carbons (Fsp3) is 0.214. The lowest BCUT2D eigenvalue weighted by Gasteiger charge is -2.17. The van der Waals surface area contributed by atoms with Crippen LogP contribution in [0.4, 0.5) is 0 Å². The highest BCUT2D eigenvalue weighted by Crippen LogP contribution is 2.43. The smallest absolute Gasteiger partial charge is 0.338 e. The van der Waals surface area contributed by atoms with Crippen LogP contribution in [0, 0.1) is 0 Å². The number of fused-ring (bicyclic) bond motifs is 2. The summed E-state index contributed by atoms with van der Waals surface area (Å²) < 4.78 is 11.6. The fourth-order valence-electron chi connectivity index (χ4n) is 3.41. The van der Waals surface area contributed by atoms with E-state index < -0.39 is 11.9 Å². The molecule has 0 aromatic heterocycles. The average molecular weight is 429 g/mol. The fourth-order valence-corrected chi connectivity index (χ4v) is 3.41. The minimum atomic E-state index is -0.504. The van der Waals surface area contributed by atoms with E-state index in [-0.39, 0.29) is 0 Å². The minimum absolute atomic E-state index is 0.304. The van der Waals surface area contributed by atoms with Crippen molar-refractivity contribution in [3.05, 3.63) is 84.0 Å². The molecule has 0 unspecified atom stereocenters. The SMILES string of the molecule is C=C(C)C(=O)Oc1c2ccccc2c(OC(=O)C(=C)C)c2cc(CCC=C(C)C)ccc12. The molecular weight excluding hydrogens is 400 g/mol. The van der Waals surface area contributed by atoms with Gasteiger partial charge in [-0.1, -0.05) is 61.2 Å². The number of rotatable bonds is 7. The van der Waals surface area contributed by atoms with Crippen molar-refractivity contribution in [1.29, 1.82) is 0 Å². The first kappa shape index (κ1) is 23.0. The number of hydrogen-bond donors (Lipinski definition) is 0. The van der Waals surface area contributed by atoms with E-state index in [0.717, 1.165) is 18.4 Å². The predicted octanol–water partition coefficient (Wildman–Crippen LogP) is 6.85. The van der Waals surface area contributed by atoms with Gasteiger partial charge in [-0.25, -0.2) is 9.59 Å². The average Bonchev–Trinajstić information content (AvgIpc) is 2.75. The molecule has 0 saturated heterocycles. The molecule has 3 rings (SSSR count). The van der Waals surface area contributed by atoms with Crippen LogP contribution in [-0.4, -0.2) is 11.9 Å². The molecule has 0 aliphatic heterocycles. The molecule has 164 valence electrons. The molecule has 0 bridgehead atoms. The first-order chi connectivity index (χ1) is 15.2. The van der Waals surface area contributed by atoms with Crippen LogP contribution in [0.1, 0.15) is 39.7 Å². The van der Waals surface area contributed by atoms with Crippen molar-refractivity contribution in [2.45, 2.75) is 40.5 Å². The number of aryl methyl sites for hydroxylation is 1. The Bertz CT molecular complexity index is 1270. The second-order valence-corrected chi connectivity index (χ2v) is 8.24. The molecule has 0 radical (unpaired) electrons. The van der Waals surface area contributed by atoms with Crippen LogP contribution in [0.5, 0.6) is 11.5 Å². The third-order valence-corrected chi connectivity index (χ3v) is 5.06. The van der Waals surface area contributed by atoms with Gasteiger partial charge in [0, 0.05) is 32.7 Å². The quantitative estimate of drug-likeness (QED) is 0.136. The third kappa shape index (κ3) is 4.97. The molecule has 0 atom stereocenters. The zero-order chi connectivity index (χ0) is 23.4. The highest BCUT2D eigenvalue weighted by molar-refractivity contribution is 6.13. The van der Waals surface area contributed by atoms with E-state index in [0.29, 0.717) is 44.2 Å². The van der Waals surface area contributed by atoms with E-state index in [1.807, 2.05) is 42.5 Å². The van der Waals surface area contributed by atoms with Gasteiger partial charge < -0.3 is 9.47 Å². The van der Waals surface area contributed by atoms with Crippen LogP contribution in [0.25, 0.3) is 21.5 Å². The Hall–Kier alpha value is -3.66. The van der Waals surface area contributed by atoms with Gasteiger partial charge in [-0.05, 0) is 52.2 Å². The summed E-state index contributed by atoms with van der Waals surface area (Å²) in [5.74, 6) is -0.147. The van der Waals surface area contributed by atoms with Gasteiger partial charge in [0.2, 0.25) is 0 Å². The second kappa shape index (κ2) is 9.65. The Kier molecular flexibility index (Phi) is 6.94. The van der Waals surface area contributed by atoms with E-state index in [9.17, 15) is 9.59 Å². The summed E-state index contributed by atoms with van der Waals surface area (Å²) in [5, 5.41) is 2.75. The van der Waals surface area contributed by atoms with Gasteiger partial charge >= 0.3 is 11.9 Å². The Morgan fingerprint density at radius 2 is 1.28 bits per heavy atom. The number of ether oxygens (including phenoxy) is 2.